The van der Waals surface area contributed by atoms with Crippen LogP contribution in [0.1, 0.15) is 13.3 Å². The summed E-state index contributed by atoms with van der Waals surface area (Å²) in [7, 11) is 0. The maximum atomic E-state index is 11.2. The van der Waals surface area contributed by atoms with Crippen molar-refractivity contribution in [3.05, 3.63) is 10.6 Å². The zero-order chi connectivity index (χ0) is 11.9. The van der Waals surface area contributed by atoms with Gasteiger partial charge in [-0.1, -0.05) is 11.8 Å². The molecule has 17 heavy (non-hydrogen) atoms. The molecule has 2 aliphatic heterocycles. The first-order valence-electron chi connectivity index (χ1n) is 4.57. The van der Waals surface area contributed by atoms with E-state index < -0.39 is 11.9 Å². The van der Waals surface area contributed by atoms with Gasteiger partial charge in [-0.2, -0.15) is 0 Å². The Balaban J connectivity index is 0.00000144. The predicted molar refractivity (Wildman–Crippen MR) is 51.5 cm³/mol. The molecule has 8 heteroatoms. The predicted octanol–water partition coefficient (Wildman–Crippen LogP) is -4.18. The molecular weight excluding hydrogens is 257 g/mol. The Morgan fingerprint density at radius 1 is 1.59 bits per heavy atom. The topological polar surface area (TPSA) is 86.7 Å². The number of carboxylic acids is 1. The molecule has 2 aliphatic rings. The number of β-lactam (4-membered cyclic amide) rings is 1. The molecule has 86 valence electrons. The van der Waals surface area contributed by atoms with Gasteiger partial charge in [0.1, 0.15) is 6.61 Å². The third kappa shape index (κ3) is 2.67. The first-order valence-corrected chi connectivity index (χ1v) is 5.45. The number of ether oxygens (including phenoxy) is 1. The third-order valence-corrected chi connectivity index (χ3v) is 3.53. The van der Waals surface area contributed by atoms with E-state index in [1.54, 1.807) is 0 Å². The van der Waals surface area contributed by atoms with Gasteiger partial charge in [0.25, 0.3) is 0 Å². The summed E-state index contributed by atoms with van der Waals surface area (Å²) in [5, 5.41) is 10.7. The smallest absolute Gasteiger partial charge is 0.543 e. The number of carbonyl (C=O) groups excluding carboxylic acids is 3. The number of amides is 1. The van der Waals surface area contributed by atoms with E-state index in [4.69, 9.17) is 4.74 Å². The van der Waals surface area contributed by atoms with Crippen LogP contribution in [0.15, 0.2) is 10.6 Å². The van der Waals surface area contributed by atoms with Crippen LogP contribution in [0.4, 0.5) is 0 Å². The van der Waals surface area contributed by atoms with Crippen LogP contribution >= 0.6 is 11.8 Å². The summed E-state index contributed by atoms with van der Waals surface area (Å²) in [6.45, 7) is 1.11. The summed E-state index contributed by atoms with van der Waals surface area (Å²) in [4.78, 5) is 34.2. The standard InChI is InChI=1S/C9H9NO5S.Na/c1-4(11)15-3-5-8(9(13)14)10-6(12)2-7(10)16-5;/h7H,2-3H2,1H3,(H,13,14);/q;+1/p-1/t7-;/m0./s1. The van der Waals surface area contributed by atoms with E-state index in [0.717, 1.165) is 0 Å². The third-order valence-electron chi connectivity index (χ3n) is 2.29. The zero-order valence-corrected chi connectivity index (χ0v) is 12.2. The summed E-state index contributed by atoms with van der Waals surface area (Å²) < 4.78 is 4.72. The fraction of sp³-hybridized carbons (Fsp3) is 0.444. The van der Waals surface area contributed by atoms with E-state index in [1.807, 2.05) is 0 Å². The van der Waals surface area contributed by atoms with Crippen LogP contribution < -0.4 is 34.7 Å². The van der Waals surface area contributed by atoms with Crippen molar-refractivity contribution in [3.63, 3.8) is 0 Å². The van der Waals surface area contributed by atoms with Crippen molar-refractivity contribution in [1.82, 2.24) is 4.90 Å². The Morgan fingerprint density at radius 2 is 2.24 bits per heavy atom. The number of hydrogen-bond donors (Lipinski definition) is 0. The minimum Gasteiger partial charge on any atom is -0.543 e. The number of fused-ring (bicyclic) bond motifs is 1. The van der Waals surface area contributed by atoms with Gasteiger partial charge in [-0.05, 0) is 0 Å². The Labute approximate surface area is 124 Å². The number of nitrogens with zero attached hydrogens (tertiary/aromatic N) is 1. The number of thioether (sulfide) groups is 1. The van der Waals surface area contributed by atoms with Crippen molar-refractivity contribution in [2.24, 2.45) is 0 Å². The molecule has 0 aliphatic carbocycles. The van der Waals surface area contributed by atoms with E-state index in [0.29, 0.717) is 11.3 Å². The molecule has 1 fully saturated rings. The monoisotopic (exact) mass is 265 g/mol. The number of carbonyl (C=O) groups is 3. The average Bonchev–Trinajstić information content (AvgIpc) is 2.47. The van der Waals surface area contributed by atoms with Crippen molar-refractivity contribution < 1.29 is 53.8 Å². The zero-order valence-electron chi connectivity index (χ0n) is 9.39. The van der Waals surface area contributed by atoms with Crippen LogP contribution in [0.25, 0.3) is 0 Å². The number of hydrogen-bond acceptors (Lipinski definition) is 6. The summed E-state index contributed by atoms with van der Waals surface area (Å²) in [6, 6.07) is 0. The molecule has 0 unspecified atom stereocenters. The van der Waals surface area contributed by atoms with Crippen molar-refractivity contribution in [3.8, 4) is 0 Å². The quantitative estimate of drug-likeness (QED) is 0.292. The molecule has 1 saturated heterocycles. The second-order valence-electron chi connectivity index (χ2n) is 3.38. The molecule has 1 atom stereocenters. The molecule has 0 radical (unpaired) electrons. The minimum atomic E-state index is -1.41. The van der Waals surface area contributed by atoms with Gasteiger partial charge >= 0.3 is 35.5 Å². The van der Waals surface area contributed by atoms with Crippen molar-refractivity contribution in [2.75, 3.05) is 6.61 Å². The van der Waals surface area contributed by atoms with Crippen LogP contribution in [0.2, 0.25) is 0 Å². The van der Waals surface area contributed by atoms with Gasteiger partial charge in [0.2, 0.25) is 5.91 Å². The summed E-state index contributed by atoms with van der Waals surface area (Å²) in [6.07, 6.45) is 0.311. The number of esters is 1. The van der Waals surface area contributed by atoms with E-state index >= 15 is 0 Å². The molecule has 0 N–H and O–H groups in total. The molecule has 1 amide bonds. The van der Waals surface area contributed by atoms with Crippen LogP contribution in [-0.4, -0.2) is 34.7 Å². The van der Waals surface area contributed by atoms with E-state index in [-0.39, 0.29) is 53.1 Å². The Bertz CT molecular complexity index is 422. The van der Waals surface area contributed by atoms with Crippen molar-refractivity contribution in [1.29, 1.82) is 0 Å². The SMILES string of the molecule is CC(=O)OCC1=C(C(=O)[O-])N2C(=O)C[C@@H]2S1.[Na+]. The fourth-order valence-electron chi connectivity index (χ4n) is 1.59. The van der Waals surface area contributed by atoms with Gasteiger partial charge in [-0.15, -0.1) is 0 Å². The number of rotatable bonds is 3. The molecule has 0 bridgehead atoms. The molecule has 0 aromatic carbocycles. The van der Waals surface area contributed by atoms with Crippen LogP contribution in [0.3, 0.4) is 0 Å². The Hall–Kier alpha value is -0.500. The van der Waals surface area contributed by atoms with Gasteiger partial charge in [-0.3, -0.25) is 14.5 Å². The van der Waals surface area contributed by atoms with Crippen LogP contribution in [-0.2, 0) is 19.1 Å². The molecule has 0 spiro atoms. The minimum absolute atomic E-state index is 0. The van der Waals surface area contributed by atoms with E-state index in [1.165, 1.54) is 23.6 Å². The van der Waals surface area contributed by atoms with Crippen LogP contribution in [0, 0.1) is 0 Å². The maximum Gasteiger partial charge on any atom is 1.00 e. The molecule has 0 aromatic heterocycles. The second kappa shape index (κ2) is 5.43. The van der Waals surface area contributed by atoms with E-state index in [2.05, 4.69) is 0 Å². The maximum absolute atomic E-state index is 11.2. The number of aliphatic carboxylic acids is 1. The van der Waals surface area contributed by atoms with E-state index in [9.17, 15) is 19.5 Å². The number of carboxylic acid groups (broad SMARTS) is 1. The van der Waals surface area contributed by atoms with Gasteiger partial charge in [0.15, 0.2) is 0 Å². The Kier molecular flexibility index (Phi) is 4.65. The largest absolute Gasteiger partial charge is 1.00 e. The van der Waals surface area contributed by atoms with Crippen molar-refractivity contribution >= 4 is 29.6 Å². The Morgan fingerprint density at radius 3 is 2.71 bits per heavy atom. The summed E-state index contributed by atoms with van der Waals surface area (Å²) in [5.74, 6) is -2.15. The first-order chi connectivity index (χ1) is 7.50. The van der Waals surface area contributed by atoms with Crippen LogP contribution in [0.5, 0.6) is 0 Å². The second-order valence-corrected chi connectivity index (χ2v) is 4.65. The summed E-state index contributed by atoms with van der Waals surface area (Å²) in [5.41, 5.74) is -0.160. The van der Waals surface area contributed by atoms with Gasteiger partial charge in [-0.25, -0.2) is 0 Å². The fourth-order valence-corrected chi connectivity index (χ4v) is 2.89. The van der Waals surface area contributed by atoms with Gasteiger partial charge in [0, 0.05) is 6.92 Å². The molecule has 2 heterocycles. The summed E-state index contributed by atoms with van der Waals surface area (Å²) >= 11 is 1.23. The molecule has 6 nitrogen and oxygen atoms in total. The van der Waals surface area contributed by atoms with Gasteiger partial charge < -0.3 is 14.6 Å². The molecular formula is C9H8NNaO5S. The van der Waals surface area contributed by atoms with Crippen molar-refractivity contribution in [2.45, 2.75) is 18.7 Å². The molecule has 2 rings (SSSR count). The molecule has 0 saturated carbocycles. The average molecular weight is 265 g/mol. The first kappa shape index (κ1) is 14.6. The normalized spacial score (nSPS) is 21.6. The van der Waals surface area contributed by atoms with Gasteiger partial charge in [0.05, 0.1) is 28.4 Å². The molecule has 0 aromatic rings.